The molecule has 0 saturated heterocycles. The Morgan fingerprint density at radius 1 is 1.21 bits per heavy atom. The number of carbonyl (C=O) groups is 1. The summed E-state index contributed by atoms with van der Waals surface area (Å²) in [7, 11) is 0. The highest BCUT2D eigenvalue weighted by molar-refractivity contribution is 5.80. The molecule has 0 spiro atoms. The van der Waals surface area contributed by atoms with Gasteiger partial charge in [-0.3, -0.25) is 9.78 Å². The van der Waals surface area contributed by atoms with Gasteiger partial charge in [-0.25, -0.2) is 0 Å². The molecule has 3 nitrogen and oxygen atoms in total. The summed E-state index contributed by atoms with van der Waals surface area (Å²) in [5, 5.41) is 9.41. The molecule has 0 bridgehead atoms. The molecule has 0 aliphatic heterocycles. The molecule has 1 fully saturated rings. The number of alkyl halides is 3. The van der Waals surface area contributed by atoms with Crippen molar-refractivity contribution in [2.24, 2.45) is 0 Å². The van der Waals surface area contributed by atoms with Crippen molar-refractivity contribution in [3.63, 3.8) is 0 Å². The molecule has 1 aromatic heterocycles. The van der Waals surface area contributed by atoms with Crippen molar-refractivity contribution in [3.8, 4) is 0 Å². The van der Waals surface area contributed by atoms with Crippen molar-refractivity contribution in [1.29, 1.82) is 0 Å². The predicted octanol–water partition coefficient (Wildman–Crippen LogP) is 3.39. The number of carboxylic acid groups (broad SMARTS) is 1. The van der Waals surface area contributed by atoms with Gasteiger partial charge in [0.15, 0.2) is 0 Å². The Morgan fingerprint density at radius 3 is 2.26 bits per heavy atom. The zero-order valence-corrected chi connectivity index (χ0v) is 10.2. The Labute approximate surface area is 108 Å². The van der Waals surface area contributed by atoms with Gasteiger partial charge >= 0.3 is 12.1 Å². The number of aromatic nitrogens is 1. The molecule has 0 amide bonds. The highest BCUT2D eigenvalue weighted by Gasteiger charge is 2.43. The minimum Gasteiger partial charge on any atom is -0.481 e. The monoisotopic (exact) mass is 273 g/mol. The van der Waals surface area contributed by atoms with E-state index in [1.165, 1.54) is 6.07 Å². The molecule has 1 heterocycles. The zero-order chi connectivity index (χ0) is 14.1. The number of hydrogen-bond acceptors (Lipinski definition) is 2. The second kappa shape index (κ2) is 4.83. The zero-order valence-electron chi connectivity index (χ0n) is 10.2. The van der Waals surface area contributed by atoms with Crippen molar-refractivity contribution in [2.45, 2.75) is 43.7 Å². The van der Waals surface area contributed by atoms with E-state index in [2.05, 4.69) is 4.98 Å². The first-order valence-corrected chi connectivity index (χ1v) is 6.13. The minimum atomic E-state index is -4.45. The Kier molecular flexibility index (Phi) is 3.52. The third-order valence-corrected chi connectivity index (χ3v) is 3.70. The lowest BCUT2D eigenvalue weighted by Crippen LogP contribution is -2.38. The Hall–Kier alpha value is -1.59. The van der Waals surface area contributed by atoms with Crippen LogP contribution in [0.15, 0.2) is 18.3 Å². The quantitative estimate of drug-likeness (QED) is 0.898. The first kappa shape index (κ1) is 13.8. The maximum Gasteiger partial charge on any atom is 0.417 e. The van der Waals surface area contributed by atoms with Crippen LogP contribution in [0.25, 0.3) is 0 Å². The van der Waals surface area contributed by atoms with Gasteiger partial charge in [0.25, 0.3) is 0 Å². The molecule has 19 heavy (non-hydrogen) atoms. The summed E-state index contributed by atoms with van der Waals surface area (Å²) < 4.78 is 37.4. The third kappa shape index (κ3) is 2.57. The second-order valence-electron chi connectivity index (χ2n) is 4.88. The molecule has 0 aromatic carbocycles. The molecule has 0 atom stereocenters. The van der Waals surface area contributed by atoms with Gasteiger partial charge in [-0.15, -0.1) is 0 Å². The molecule has 0 unspecified atom stereocenters. The summed E-state index contributed by atoms with van der Waals surface area (Å²) >= 11 is 0. The van der Waals surface area contributed by atoms with Crippen LogP contribution in [0.2, 0.25) is 0 Å². The summed E-state index contributed by atoms with van der Waals surface area (Å²) in [4.78, 5) is 15.3. The lowest BCUT2D eigenvalue weighted by atomic mass is 9.71. The van der Waals surface area contributed by atoms with Gasteiger partial charge in [0.05, 0.1) is 11.3 Å². The fraction of sp³-hybridized carbons (Fsp3) is 0.538. The smallest absolute Gasteiger partial charge is 0.417 e. The van der Waals surface area contributed by atoms with Crippen LogP contribution in [0.5, 0.6) is 0 Å². The summed E-state index contributed by atoms with van der Waals surface area (Å²) in [6, 6.07) is 2.10. The van der Waals surface area contributed by atoms with E-state index in [4.69, 9.17) is 0 Å². The van der Waals surface area contributed by atoms with Crippen LogP contribution >= 0.6 is 0 Å². The van der Waals surface area contributed by atoms with Gasteiger partial charge in [0.2, 0.25) is 0 Å². The van der Waals surface area contributed by atoms with Crippen molar-refractivity contribution in [2.75, 3.05) is 0 Å². The molecule has 0 radical (unpaired) electrons. The molecule has 1 aliphatic carbocycles. The van der Waals surface area contributed by atoms with Crippen molar-refractivity contribution >= 4 is 5.97 Å². The lowest BCUT2D eigenvalue weighted by molar-refractivity contribution is -0.145. The van der Waals surface area contributed by atoms with E-state index < -0.39 is 23.1 Å². The fourth-order valence-corrected chi connectivity index (χ4v) is 2.58. The first-order chi connectivity index (χ1) is 8.86. The molecular formula is C13H14F3NO2. The van der Waals surface area contributed by atoms with Crippen LogP contribution in [-0.4, -0.2) is 16.1 Å². The van der Waals surface area contributed by atoms with Gasteiger partial charge in [0.1, 0.15) is 5.41 Å². The van der Waals surface area contributed by atoms with E-state index in [1.807, 2.05) is 0 Å². The Bertz CT molecular complexity index is 462. The van der Waals surface area contributed by atoms with Gasteiger partial charge in [0, 0.05) is 6.20 Å². The number of nitrogens with zero attached hydrogens (tertiary/aromatic N) is 1. The van der Waals surface area contributed by atoms with Crippen LogP contribution < -0.4 is 0 Å². The minimum absolute atomic E-state index is 0.229. The van der Waals surface area contributed by atoms with Crippen molar-refractivity contribution in [3.05, 3.63) is 29.6 Å². The van der Waals surface area contributed by atoms with Crippen LogP contribution in [0, 0.1) is 0 Å². The number of carboxylic acids is 1. The van der Waals surface area contributed by atoms with Crippen LogP contribution in [0.3, 0.4) is 0 Å². The topological polar surface area (TPSA) is 50.2 Å². The second-order valence-corrected chi connectivity index (χ2v) is 4.88. The molecule has 1 N–H and O–H groups in total. The molecule has 6 heteroatoms. The number of pyridine rings is 1. The summed E-state index contributed by atoms with van der Waals surface area (Å²) in [5.41, 5.74) is -1.75. The first-order valence-electron chi connectivity index (χ1n) is 6.13. The van der Waals surface area contributed by atoms with E-state index in [0.29, 0.717) is 19.0 Å². The number of halogens is 3. The molecule has 1 aliphatic rings. The van der Waals surface area contributed by atoms with Crippen molar-refractivity contribution in [1.82, 2.24) is 4.98 Å². The Balaban J connectivity index is 2.36. The highest BCUT2D eigenvalue weighted by atomic mass is 19.4. The van der Waals surface area contributed by atoms with E-state index >= 15 is 0 Å². The predicted molar refractivity (Wildman–Crippen MR) is 61.6 cm³/mol. The number of rotatable bonds is 2. The maximum atomic E-state index is 12.5. The highest BCUT2D eigenvalue weighted by Crippen LogP contribution is 2.39. The van der Waals surface area contributed by atoms with Crippen LogP contribution in [-0.2, 0) is 16.4 Å². The van der Waals surface area contributed by atoms with Crippen LogP contribution in [0.1, 0.15) is 43.4 Å². The van der Waals surface area contributed by atoms with Gasteiger partial charge < -0.3 is 5.11 Å². The number of aliphatic carboxylic acids is 1. The van der Waals surface area contributed by atoms with E-state index in [1.54, 1.807) is 0 Å². The maximum absolute atomic E-state index is 12.5. The largest absolute Gasteiger partial charge is 0.481 e. The van der Waals surface area contributed by atoms with E-state index in [9.17, 15) is 23.1 Å². The summed E-state index contributed by atoms with van der Waals surface area (Å²) in [5.74, 6) is -1.00. The Morgan fingerprint density at radius 2 is 1.84 bits per heavy atom. The van der Waals surface area contributed by atoms with Gasteiger partial charge in [-0.05, 0) is 25.0 Å². The van der Waals surface area contributed by atoms with Gasteiger partial charge in [-0.2, -0.15) is 13.2 Å². The van der Waals surface area contributed by atoms with E-state index in [-0.39, 0.29) is 5.69 Å². The lowest BCUT2D eigenvalue weighted by Gasteiger charge is -2.32. The normalized spacial score (nSPS) is 19.1. The molecule has 1 aromatic rings. The third-order valence-electron chi connectivity index (χ3n) is 3.70. The SMILES string of the molecule is O=C(O)C1(c2ccc(C(F)(F)F)cn2)CCCCC1. The van der Waals surface area contributed by atoms with Crippen molar-refractivity contribution < 1.29 is 23.1 Å². The molecular weight excluding hydrogens is 259 g/mol. The fourth-order valence-electron chi connectivity index (χ4n) is 2.58. The standard InChI is InChI=1S/C13H14F3NO2/c14-13(15,16)9-4-5-10(17-8-9)12(11(18)19)6-2-1-3-7-12/h4-5,8H,1-3,6-7H2,(H,18,19). The van der Waals surface area contributed by atoms with E-state index in [0.717, 1.165) is 25.3 Å². The number of hydrogen-bond donors (Lipinski definition) is 1. The molecule has 104 valence electrons. The summed E-state index contributed by atoms with van der Waals surface area (Å²) in [6.45, 7) is 0. The van der Waals surface area contributed by atoms with Crippen LogP contribution in [0.4, 0.5) is 13.2 Å². The average Bonchev–Trinajstić information content (AvgIpc) is 2.38. The van der Waals surface area contributed by atoms with Gasteiger partial charge in [-0.1, -0.05) is 19.3 Å². The molecule has 1 saturated carbocycles. The average molecular weight is 273 g/mol. The summed E-state index contributed by atoms with van der Waals surface area (Å²) in [6.07, 6.45) is -0.399. The molecule has 2 rings (SSSR count).